The summed E-state index contributed by atoms with van der Waals surface area (Å²) >= 11 is 0. The Morgan fingerprint density at radius 2 is 1.74 bits per heavy atom. The summed E-state index contributed by atoms with van der Waals surface area (Å²) in [5.74, 6) is -0.972. The van der Waals surface area contributed by atoms with Crippen LogP contribution in [-0.4, -0.2) is 30.5 Å². The predicted octanol–water partition coefficient (Wildman–Crippen LogP) is 4.55. The Kier molecular flexibility index (Phi) is 6.37. The van der Waals surface area contributed by atoms with E-state index >= 15 is 0 Å². The van der Waals surface area contributed by atoms with Crippen LogP contribution in [-0.2, 0) is 10.3 Å². The zero-order valence-corrected chi connectivity index (χ0v) is 18.0. The Morgan fingerprint density at radius 3 is 2.44 bits per heavy atom. The number of nitrogens with zero attached hydrogens (tertiary/aromatic N) is 1. The van der Waals surface area contributed by atoms with Crippen LogP contribution < -0.4 is 14.8 Å². The SMILES string of the molecule is O=C(NC1=CC=CC(=S(=O)=O)C1)c1cc2ccccc2nc1Oc1ccc(OC(F)(F)F)cc1. The molecule has 1 heterocycles. The lowest BCUT2D eigenvalue weighted by atomic mass is 10.1. The summed E-state index contributed by atoms with van der Waals surface area (Å²) in [6.07, 6.45) is -0.312. The molecule has 1 aliphatic carbocycles. The number of allylic oxidation sites excluding steroid dienone is 4. The smallest absolute Gasteiger partial charge is 0.438 e. The molecule has 0 saturated heterocycles. The largest absolute Gasteiger partial charge is 0.573 e. The molecule has 0 spiro atoms. The van der Waals surface area contributed by atoms with Crippen LogP contribution in [0.3, 0.4) is 0 Å². The standard InChI is InChI=1S/C23H15F3N2O5S/c24-23(25,26)33-17-10-8-16(9-11-17)32-22-19(12-14-4-1-2-7-20(14)28-22)21(29)27-15-5-3-6-18(13-15)34(30)31/h1-12H,13H2,(H,27,29). The van der Waals surface area contributed by atoms with Crippen LogP contribution in [0.5, 0.6) is 17.4 Å². The van der Waals surface area contributed by atoms with Gasteiger partial charge in [0.1, 0.15) is 17.1 Å². The zero-order chi connectivity index (χ0) is 24.3. The number of halogens is 3. The number of rotatable bonds is 5. The highest BCUT2D eigenvalue weighted by atomic mass is 32.2. The number of benzene rings is 2. The van der Waals surface area contributed by atoms with E-state index in [4.69, 9.17) is 4.74 Å². The molecule has 0 radical (unpaired) electrons. The fourth-order valence-electron chi connectivity index (χ4n) is 3.15. The molecule has 34 heavy (non-hydrogen) atoms. The van der Waals surface area contributed by atoms with Crippen molar-refractivity contribution in [3.05, 3.63) is 84.1 Å². The Bertz CT molecular complexity index is 1450. The molecule has 0 saturated carbocycles. The second kappa shape index (κ2) is 9.40. The van der Waals surface area contributed by atoms with Crippen molar-refractivity contribution in [2.24, 2.45) is 0 Å². The van der Waals surface area contributed by atoms with Crippen molar-refractivity contribution in [2.75, 3.05) is 0 Å². The van der Waals surface area contributed by atoms with Gasteiger partial charge in [-0.3, -0.25) is 4.79 Å². The van der Waals surface area contributed by atoms with E-state index in [0.29, 0.717) is 16.6 Å². The molecule has 3 aromatic rings. The van der Waals surface area contributed by atoms with Crippen molar-refractivity contribution in [2.45, 2.75) is 12.8 Å². The fraction of sp³-hybridized carbons (Fsp3) is 0.0870. The second-order valence-electron chi connectivity index (χ2n) is 7.04. The van der Waals surface area contributed by atoms with Gasteiger partial charge in [0.2, 0.25) is 16.2 Å². The maximum absolute atomic E-state index is 13.1. The van der Waals surface area contributed by atoms with E-state index in [1.807, 2.05) is 0 Å². The van der Waals surface area contributed by atoms with Crippen LogP contribution in [0.25, 0.3) is 10.9 Å². The topological polar surface area (TPSA) is 94.6 Å². The molecule has 1 aliphatic rings. The molecule has 7 nitrogen and oxygen atoms in total. The lowest BCUT2D eigenvalue weighted by Crippen LogP contribution is -2.25. The minimum atomic E-state index is -4.83. The number of carbonyl (C=O) groups is 1. The normalized spacial score (nSPS) is 13.4. The number of para-hydroxylation sites is 1. The van der Waals surface area contributed by atoms with Gasteiger partial charge in [0.25, 0.3) is 5.91 Å². The van der Waals surface area contributed by atoms with Gasteiger partial charge in [-0.05, 0) is 48.6 Å². The number of pyridine rings is 1. The lowest BCUT2D eigenvalue weighted by Gasteiger charge is -2.15. The first-order chi connectivity index (χ1) is 16.2. The minimum absolute atomic E-state index is 0.0101. The third kappa shape index (κ3) is 5.62. The van der Waals surface area contributed by atoms with Gasteiger partial charge in [0.15, 0.2) is 0 Å². The molecular weight excluding hydrogens is 473 g/mol. The van der Waals surface area contributed by atoms with E-state index in [9.17, 15) is 26.4 Å². The number of hydrogen-bond donors (Lipinski definition) is 1. The number of aromatic nitrogens is 1. The molecular formula is C23H15F3N2O5S. The Morgan fingerprint density at radius 1 is 1.03 bits per heavy atom. The van der Waals surface area contributed by atoms with Crippen molar-refractivity contribution in [3.8, 4) is 17.4 Å². The summed E-state index contributed by atoms with van der Waals surface area (Å²) in [5, 5.41) is 3.31. The number of hydrogen-bond acceptors (Lipinski definition) is 6. The van der Waals surface area contributed by atoms with Crippen LogP contribution in [0.4, 0.5) is 13.2 Å². The van der Waals surface area contributed by atoms with Gasteiger partial charge >= 0.3 is 6.36 Å². The molecule has 2 aromatic carbocycles. The van der Waals surface area contributed by atoms with Crippen LogP contribution in [0.2, 0.25) is 0 Å². The van der Waals surface area contributed by atoms with Crippen molar-refractivity contribution >= 4 is 32.0 Å². The van der Waals surface area contributed by atoms with Crippen LogP contribution in [0.1, 0.15) is 16.8 Å². The fourth-order valence-corrected chi connectivity index (χ4v) is 3.61. The van der Waals surface area contributed by atoms with Gasteiger partial charge in [-0.1, -0.05) is 24.3 Å². The maximum atomic E-state index is 13.1. The molecule has 11 heteroatoms. The van der Waals surface area contributed by atoms with Gasteiger partial charge in [-0.15, -0.1) is 13.2 Å². The van der Waals surface area contributed by atoms with E-state index in [1.54, 1.807) is 36.4 Å². The molecule has 0 unspecified atom stereocenters. The van der Waals surface area contributed by atoms with E-state index in [1.165, 1.54) is 24.3 Å². The number of amides is 1. The number of fused-ring (bicyclic) bond motifs is 1. The molecule has 0 fully saturated rings. The average molecular weight is 488 g/mol. The third-order valence-corrected chi connectivity index (χ3v) is 5.35. The lowest BCUT2D eigenvalue weighted by molar-refractivity contribution is -0.274. The summed E-state index contributed by atoms with van der Waals surface area (Å²) < 4.78 is 69.2. The zero-order valence-electron chi connectivity index (χ0n) is 17.2. The maximum Gasteiger partial charge on any atom is 0.573 e. The number of ether oxygens (including phenoxy) is 2. The van der Waals surface area contributed by atoms with Gasteiger partial charge in [-0.2, -0.15) is 8.42 Å². The minimum Gasteiger partial charge on any atom is -0.438 e. The van der Waals surface area contributed by atoms with Crippen LogP contribution in [0, 0.1) is 0 Å². The average Bonchev–Trinajstić information content (AvgIpc) is 2.79. The number of carbonyl (C=O) groups excluding carboxylic acids is 1. The Hall–Kier alpha value is -4.12. The predicted molar refractivity (Wildman–Crippen MR) is 118 cm³/mol. The van der Waals surface area contributed by atoms with Crippen molar-refractivity contribution in [1.29, 1.82) is 0 Å². The molecule has 174 valence electrons. The molecule has 4 rings (SSSR count). The third-order valence-electron chi connectivity index (χ3n) is 4.64. The number of alkyl halides is 3. The molecule has 1 aromatic heterocycles. The van der Waals surface area contributed by atoms with E-state index in [0.717, 1.165) is 12.1 Å². The summed E-state index contributed by atoms with van der Waals surface area (Å²) in [4.78, 5) is 17.5. The highest BCUT2D eigenvalue weighted by molar-refractivity contribution is 7.73. The molecule has 1 N–H and O–H groups in total. The van der Waals surface area contributed by atoms with E-state index < -0.39 is 28.3 Å². The highest BCUT2D eigenvalue weighted by Gasteiger charge is 2.31. The van der Waals surface area contributed by atoms with E-state index in [2.05, 4.69) is 15.0 Å². The first-order valence-corrected chi connectivity index (χ1v) is 10.8. The summed E-state index contributed by atoms with van der Waals surface area (Å²) in [7, 11) is -2.42. The van der Waals surface area contributed by atoms with Gasteiger partial charge in [0.05, 0.1) is 10.4 Å². The molecule has 0 aliphatic heterocycles. The number of nitrogens with one attached hydrogen (secondary N) is 1. The van der Waals surface area contributed by atoms with Crippen LogP contribution in [0.15, 0.2) is 78.5 Å². The first-order valence-electron chi connectivity index (χ1n) is 9.75. The van der Waals surface area contributed by atoms with Crippen LogP contribution >= 0.6 is 0 Å². The van der Waals surface area contributed by atoms with Gasteiger partial charge < -0.3 is 14.8 Å². The first kappa shape index (κ1) is 23.1. The monoisotopic (exact) mass is 488 g/mol. The Labute approximate surface area is 192 Å². The molecule has 0 atom stereocenters. The summed E-state index contributed by atoms with van der Waals surface area (Å²) in [5.41, 5.74) is 0.942. The molecule has 1 amide bonds. The summed E-state index contributed by atoms with van der Waals surface area (Å²) in [6, 6.07) is 13.2. The molecule has 0 bridgehead atoms. The second-order valence-corrected chi connectivity index (χ2v) is 8.03. The Balaban J connectivity index is 1.64. The van der Waals surface area contributed by atoms with E-state index in [-0.39, 0.29) is 28.5 Å². The van der Waals surface area contributed by atoms with Crippen molar-refractivity contribution in [1.82, 2.24) is 10.3 Å². The van der Waals surface area contributed by atoms with Crippen molar-refractivity contribution < 1.29 is 35.9 Å². The quantitative estimate of drug-likeness (QED) is 0.530. The van der Waals surface area contributed by atoms with Crippen molar-refractivity contribution in [3.63, 3.8) is 0 Å². The summed E-state index contributed by atoms with van der Waals surface area (Å²) in [6.45, 7) is 0. The van der Waals surface area contributed by atoms with Gasteiger partial charge in [-0.25, -0.2) is 4.98 Å². The highest BCUT2D eigenvalue weighted by Crippen LogP contribution is 2.30. The van der Waals surface area contributed by atoms with Gasteiger partial charge in [0, 0.05) is 17.5 Å².